The molecule has 0 amide bonds. The zero-order valence-electron chi connectivity index (χ0n) is 9.05. The smallest absolute Gasteiger partial charge is 0.323 e. The van der Waals surface area contributed by atoms with E-state index in [2.05, 4.69) is 5.32 Å². The molecule has 88 valence electrons. The van der Waals surface area contributed by atoms with Crippen LogP contribution in [0.4, 0.5) is 4.39 Å². The Morgan fingerprint density at radius 2 is 2.19 bits per heavy atom. The molecule has 0 saturated carbocycles. The molecule has 2 N–H and O–H groups in total. The minimum Gasteiger partial charge on any atom is -0.480 e. The van der Waals surface area contributed by atoms with Gasteiger partial charge in [-0.05, 0) is 32.0 Å². The molecule has 0 aliphatic heterocycles. The molecular formula is C11H13ClFNO2. The molecule has 0 heterocycles. The number of nitrogens with one attached hydrogen (secondary N) is 1. The quantitative estimate of drug-likeness (QED) is 0.857. The van der Waals surface area contributed by atoms with Gasteiger partial charge in [0.2, 0.25) is 0 Å². The molecule has 0 spiro atoms. The lowest BCUT2D eigenvalue weighted by Crippen LogP contribution is -2.46. The number of hydrogen-bond donors (Lipinski definition) is 2. The van der Waals surface area contributed by atoms with Gasteiger partial charge in [0.05, 0.1) is 0 Å². The van der Waals surface area contributed by atoms with E-state index in [4.69, 9.17) is 16.7 Å². The Labute approximate surface area is 98.2 Å². The van der Waals surface area contributed by atoms with Crippen molar-refractivity contribution in [3.63, 3.8) is 0 Å². The van der Waals surface area contributed by atoms with Gasteiger partial charge in [-0.25, -0.2) is 4.39 Å². The Morgan fingerprint density at radius 3 is 2.75 bits per heavy atom. The third kappa shape index (κ3) is 3.18. The van der Waals surface area contributed by atoms with Crippen molar-refractivity contribution in [2.24, 2.45) is 0 Å². The highest BCUT2D eigenvalue weighted by atomic mass is 35.5. The third-order valence-electron chi connectivity index (χ3n) is 2.26. The van der Waals surface area contributed by atoms with Crippen LogP contribution in [0.3, 0.4) is 0 Å². The van der Waals surface area contributed by atoms with Crippen LogP contribution in [0.1, 0.15) is 19.4 Å². The predicted molar refractivity (Wildman–Crippen MR) is 60.0 cm³/mol. The largest absolute Gasteiger partial charge is 0.480 e. The maximum absolute atomic E-state index is 13.3. The molecular weight excluding hydrogens is 233 g/mol. The molecule has 3 nitrogen and oxygen atoms in total. The van der Waals surface area contributed by atoms with Gasteiger partial charge in [0.15, 0.2) is 0 Å². The van der Waals surface area contributed by atoms with E-state index < -0.39 is 17.3 Å². The molecule has 0 aromatic heterocycles. The van der Waals surface area contributed by atoms with Crippen molar-refractivity contribution >= 4 is 17.6 Å². The first-order valence-electron chi connectivity index (χ1n) is 4.75. The van der Waals surface area contributed by atoms with E-state index in [1.54, 1.807) is 0 Å². The molecule has 0 saturated heterocycles. The number of benzene rings is 1. The zero-order valence-corrected chi connectivity index (χ0v) is 9.81. The van der Waals surface area contributed by atoms with Crippen molar-refractivity contribution in [1.82, 2.24) is 5.32 Å². The predicted octanol–water partition coefficient (Wildman–Crippen LogP) is 2.43. The summed E-state index contributed by atoms with van der Waals surface area (Å²) < 4.78 is 13.3. The summed E-state index contributed by atoms with van der Waals surface area (Å²) in [5.41, 5.74) is -0.754. The van der Waals surface area contributed by atoms with E-state index >= 15 is 0 Å². The van der Waals surface area contributed by atoms with E-state index in [1.165, 1.54) is 32.0 Å². The fraction of sp³-hybridized carbons (Fsp3) is 0.364. The summed E-state index contributed by atoms with van der Waals surface area (Å²) in [5.74, 6) is -1.40. The Kier molecular flexibility index (Phi) is 3.88. The topological polar surface area (TPSA) is 49.3 Å². The molecule has 0 unspecified atom stereocenters. The second-order valence-corrected chi connectivity index (χ2v) is 4.46. The van der Waals surface area contributed by atoms with Gasteiger partial charge in [0.25, 0.3) is 0 Å². The normalized spacial score (nSPS) is 11.5. The lowest BCUT2D eigenvalue weighted by molar-refractivity contribution is -0.143. The van der Waals surface area contributed by atoms with Crippen molar-refractivity contribution in [2.45, 2.75) is 25.9 Å². The first-order chi connectivity index (χ1) is 7.33. The van der Waals surface area contributed by atoms with Crippen LogP contribution in [0.15, 0.2) is 18.2 Å². The highest BCUT2D eigenvalue weighted by Gasteiger charge is 2.26. The average molecular weight is 246 g/mol. The first-order valence-corrected chi connectivity index (χ1v) is 5.13. The fourth-order valence-electron chi connectivity index (χ4n) is 1.07. The molecule has 16 heavy (non-hydrogen) atoms. The van der Waals surface area contributed by atoms with E-state index in [0.717, 1.165) is 0 Å². The maximum Gasteiger partial charge on any atom is 0.323 e. The highest BCUT2D eigenvalue weighted by molar-refractivity contribution is 6.30. The number of carboxylic acid groups (broad SMARTS) is 1. The number of carboxylic acids is 1. The van der Waals surface area contributed by atoms with Crippen LogP contribution >= 0.6 is 11.6 Å². The van der Waals surface area contributed by atoms with Gasteiger partial charge in [-0.1, -0.05) is 11.6 Å². The van der Waals surface area contributed by atoms with Crippen LogP contribution in [-0.4, -0.2) is 16.6 Å². The third-order valence-corrected chi connectivity index (χ3v) is 2.50. The minimum atomic E-state index is -1.10. The highest BCUT2D eigenvalue weighted by Crippen LogP contribution is 2.15. The molecule has 0 aliphatic rings. The van der Waals surface area contributed by atoms with Crippen LogP contribution in [0, 0.1) is 5.82 Å². The second-order valence-electron chi connectivity index (χ2n) is 4.02. The molecule has 0 atom stereocenters. The maximum atomic E-state index is 13.3. The summed E-state index contributed by atoms with van der Waals surface area (Å²) in [6.45, 7) is 3.14. The molecule has 0 bridgehead atoms. The van der Waals surface area contributed by atoms with Crippen LogP contribution in [0.25, 0.3) is 0 Å². The van der Waals surface area contributed by atoms with E-state index in [1.807, 2.05) is 0 Å². The van der Waals surface area contributed by atoms with E-state index in [-0.39, 0.29) is 6.54 Å². The first kappa shape index (κ1) is 12.9. The van der Waals surface area contributed by atoms with Crippen LogP contribution in [0.2, 0.25) is 5.02 Å². The molecule has 0 radical (unpaired) electrons. The Bertz CT molecular complexity index is 407. The summed E-state index contributed by atoms with van der Waals surface area (Å²) in [7, 11) is 0. The molecule has 1 aromatic rings. The number of rotatable bonds is 4. The van der Waals surface area contributed by atoms with Gasteiger partial charge < -0.3 is 5.11 Å². The molecule has 1 rings (SSSR count). The van der Waals surface area contributed by atoms with Gasteiger partial charge in [-0.15, -0.1) is 0 Å². The van der Waals surface area contributed by atoms with Crippen molar-refractivity contribution < 1.29 is 14.3 Å². The Hall–Kier alpha value is -1.13. The lowest BCUT2D eigenvalue weighted by atomic mass is 10.1. The molecule has 0 fully saturated rings. The number of carbonyl (C=O) groups is 1. The molecule has 0 aliphatic carbocycles. The van der Waals surface area contributed by atoms with Crippen LogP contribution in [-0.2, 0) is 11.3 Å². The summed E-state index contributed by atoms with van der Waals surface area (Å²) in [6.07, 6.45) is 0. The Balaban J connectivity index is 2.75. The molecule has 1 aromatic carbocycles. The summed E-state index contributed by atoms with van der Waals surface area (Å²) in [6, 6.07) is 4.18. The minimum absolute atomic E-state index is 0.117. The van der Waals surface area contributed by atoms with Gasteiger partial charge in [0, 0.05) is 17.1 Å². The standard InChI is InChI=1S/C11H13ClFNO2/c1-11(2,10(15)16)14-6-7-5-8(12)3-4-9(7)13/h3-5,14H,6H2,1-2H3,(H,15,16). The molecule has 5 heteroatoms. The monoisotopic (exact) mass is 245 g/mol. The van der Waals surface area contributed by atoms with Crippen molar-refractivity contribution in [3.8, 4) is 0 Å². The summed E-state index contributed by atoms with van der Waals surface area (Å²) in [4.78, 5) is 10.8. The zero-order chi connectivity index (χ0) is 12.3. The summed E-state index contributed by atoms with van der Waals surface area (Å²) in [5, 5.41) is 12.0. The number of halogens is 2. The fourth-order valence-corrected chi connectivity index (χ4v) is 1.27. The Morgan fingerprint density at radius 1 is 1.56 bits per heavy atom. The van der Waals surface area contributed by atoms with E-state index in [0.29, 0.717) is 10.6 Å². The van der Waals surface area contributed by atoms with Gasteiger partial charge in [0.1, 0.15) is 11.4 Å². The summed E-state index contributed by atoms with van der Waals surface area (Å²) >= 11 is 5.72. The van der Waals surface area contributed by atoms with Crippen molar-refractivity contribution in [2.75, 3.05) is 0 Å². The van der Waals surface area contributed by atoms with Crippen molar-refractivity contribution in [1.29, 1.82) is 0 Å². The number of aliphatic carboxylic acids is 1. The number of hydrogen-bond acceptors (Lipinski definition) is 2. The van der Waals surface area contributed by atoms with Crippen molar-refractivity contribution in [3.05, 3.63) is 34.6 Å². The average Bonchev–Trinajstić information content (AvgIpc) is 2.19. The second kappa shape index (κ2) is 4.80. The lowest BCUT2D eigenvalue weighted by Gasteiger charge is -2.21. The van der Waals surface area contributed by atoms with Gasteiger partial charge >= 0.3 is 5.97 Å². The van der Waals surface area contributed by atoms with Gasteiger partial charge in [-0.2, -0.15) is 0 Å². The van der Waals surface area contributed by atoms with Crippen LogP contribution in [0.5, 0.6) is 0 Å². The van der Waals surface area contributed by atoms with Crippen LogP contribution < -0.4 is 5.32 Å². The van der Waals surface area contributed by atoms with E-state index in [9.17, 15) is 9.18 Å². The van der Waals surface area contributed by atoms with Gasteiger partial charge in [-0.3, -0.25) is 10.1 Å². The SMILES string of the molecule is CC(C)(NCc1cc(Cl)ccc1F)C(=O)O.